The van der Waals surface area contributed by atoms with Crippen LogP contribution in [0.15, 0.2) is 41.4 Å². The van der Waals surface area contributed by atoms with Gasteiger partial charge in [-0.25, -0.2) is 19.2 Å². The number of rotatable bonds is 2. The summed E-state index contributed by atoms with van der Waals surface area (Å²) in [4.78, 5) is 35.5. The average Bonchev–Trinajstić information content (AvgIpc) is 3.05. The molecule has 2 aromatic carbocycles. The zero-order valence-corrected chi connectivity index (χ0v) is 21.2. The van der Waals surface area contributed by atoms with Crippen LogP contribution in [0, 0.1) is 12.7 Å². The topological polar surface area (TPSA) is 88.8 Å². The third-order valence-corrected chi connectivity index (χ3v) is 5.97. The fourth-order valence-electron chi connectivity index (χ4n) is 4.12. The van der Waals surface area contributed by atoms with Gasteiger partial charge in [0, 0.05) is 17.6 Å². The molecule has 0 saturated carbocycles. The molecule has 0 aliphatic carbocycles. The minimum Gasteiger partial charge on any atom is -0.444 e. The first-order valence-electron chi connectivity index (χ1n) is 11.1. The molecule has 1 aliphatic rings. The second-order valence-electron chi connectivity index (χ2n) is 9.73. The Morgan fingerprint density at radius 1 is 1.26 bits per heavy atom. The van der Waals surface area contributed by atoms with E-state index in [2.05, 4.69) is 15.3 Å². The zero-order chi connectivity index (χ0) is 25.7. The average molecular weight is 500 g/mol. The number of guanidine groups is 1. The molecule has 0 fully saturated rings. The van der Waals surface area contributed by atoms with Crippen molar-refractivity contribution in [2.24, 2.45) is 4.99 Å². The highest BCUT2D eigenvalue weighted by Crippen LogP contribution is 2.37. The molecule has 1 aromatic heterocycles. The van der Waals surface area contributed by atoms with Crippen molar-refractivity contribution in [1.82, 2.24) is 19.8 Å². The molecule has 0 radical (unpaired) electrons. The molecule has 184 valence electrons. The highest BCUT2D eigenvalue weighted by molar-refractivity contribution is 6.31. The number of carbonyl (C=O) groups excluding carboxylic acids is 2. The third kappa shape index (κ3) is 4.73. The molecular formula is C25H27ClFN5O3. The summed E-state index contributed by atoms with van der Waals surface area (Å²) < 4.78 is 23.1. The molecule has 1 atom stereocenters. The monoisotopic (exact) mass is 499 g/mol. The summed E-state index contributed by atoms with van der Waals surface area (Å²) in [6, 6.07) is 10.2. The minimum atomic E-state index is -1.27. The molecule has 1 aliphatic heterocycles. The lowest BCUT2D eigenvalue weighted by Crippen LogP contribution is -2.52. The highest BCUT2D eigenvalue weighted by Gasteiger charge is 2.40. The first kappa shape index (κ1) is 24.7. The van der Waals surface area contributed by atoms with Crippen molar-refractivity contribution in [3.63, 3.8) is 0 Å². The van der Waals surface area contributed by atoms with E-state index in [1.807, 2.05) is 0 Å². The van der Waals surface area contributed by atoms with Crippen LogP contribution < -0.4 is 5.32 Å². The Morgan fingerprint density at radius 2 is 1.97 bits per heavy atom. The summed E-state index contributed by atoms with van der Waals surface area (Å²) in [7, 11) is 1.50. The second-order valence-corrected chi connectivity index (χ2v) is 10.2. The van der Waals surface area contributed by atoms with Gasteiger partial charge in [0.15, 0.2) is 5.82 Å². The molecule has 8 nitrogen and oxygen atoms in total. The number of nitrogens with zero attached hydrogens (tertiary/aromatic N) is 4. The van der Waals surface area contributed by atoms with E-state index >= 15 is 4.39 Å². The van der Waals surface area contributed by atoms with Crippen LogP contribution in [0.2, 0.25) is 5.02 Å². The lowest BCUT2D eigenvalue weighted by molar-refractivity contribution is -0.128. The van der Waals surface area contributed by atoms with Gasteiger partial charge in [-0.2, -0.15) is 0 Å². The minimum absolute atomic E-state index is 0.0150. The molecular weight excluding hydrogens is 473 g/mol. The molecule has 10 heteroatoms. The number of hydrogen-bond acceptors (Lipinski definition) is 5. The smallest absolute Gasteiger partial charge is 0.414 e. The predicted octanol–water partition coefficient (Wildman–Crippen LogP) is 5.08. The first-order valence-corrected chi connectivity index (χ1v) is 11.5. The van der Waals surface area contributed by atoms with E-state index in [9.17, 15) is 9.59 Å². The Bertz CT molecular complexity index is 1380. The number of imidazole rings is 1. The standard InChI is InChI=1S/C25H27ClFN5O3/c1-14-28-17-11-10-15(26)12-19(17)32(14)18-9-7-8-16(21(18)27)25(5)13-20(33)31(6)22(30-25)29-23(34)35-24(2,3)4/h7-12H,13H2,1-6H3,(H,29,30,34)/t25-/m0/s1. The summed E-state index contributed by atoms with van der Waals surface area (Å²) >= 11 is 6.19. The number of amides is 2. The largest absolute Gasteiger partial charge is 0.444 e. The molecule has 0 saturated heterocycles. The normalized spacial score (nSPS) is 18.6. The quantitative estimate of drug-likeness (QED) is 0.532. The molecule has 2 heterocycles. The molecule has 0 unspecified atom stereocenters. The molecule has 0 spiro atoms. The van der Waals surface area contributed by atoms with Crippen molar-refractivity contribution in [3.8, 4) is 5.69 Å². The van der Waals surface area contributed by atoms with Crippen molar-refractivity contribution >= 4 is 40.6 Å². The maximum absolute atomic E-state index is 16.1. The maximum atomic E-state index is 16.1. The molecule has 1 N–H and O–H groups in total. The second kappa shape index (κ2) is 8.64. The fraction of sp³-hybridized carbons (Fsp3) is 0.360. The molecule has 4 rings (SSSR count). The fourth-order valence-corrected chi connectivity index (χ4v) is 4.29. The number of carbonyl (C=O) groups is 2. The highest BCUT2D eigenvalue weighted by atomic mass is 35.5. The van der Waals surface area contributed by atoms with Crippen LogP contribution in [0.5, 0.6) is 0 Å². The number of hydrogen-bond donors (Lipinski definition) is 1. The van der Waals surface area contributed by atoms with Gasteiger partial charge in [0.1, 0.15) is 11.4 Å². The molecule has 35 heavy (non-hydrogen) atoms. The van der Waals surface area contributed by atoms with Crippen molar-refractivity contribution in [1.29, 1.82) is 0 Å². The number of aryl methyl sites for hydroxylation is 1. The van der Waals surface area contributed by atoms with E-state index in [0.717, 1.165) is 0 Å². The van der Waals surface area contributed by atoms with Crippen LogP contribution in [0.25, 0.3) is 16.7 Å². The van der Waals surface area contributed by atoms with Crippen LogP contribution in [0.4, 0.5) is 9.18 Å². The predicted molar refractivity (Wildman–Crippen MR) is 132 cm³/mol. The van der Waals surface area contributed by atoms with E-state index < -0.39 is 23.1 Å². The van der Waals surface area contributed by atoms with Crippen molar-refractivity contribution < 1.29 is 18.7 Å². The van der Waals surface area contributed by atoms with Gasteiger partial charge in [-0.3, -0.25) is 19.6 Å². The number of benzene rings is 2. The zero-order valence-electron chi connectivity index (χ0n) is 20.4. The van der Waals surface area contributed by atoms with Crippen LogP contribution in [-0.4, -0.2) is 45.1 Å². The molecule has 2 amide bonds. The number of alkyl carbamates (subject to hydrolysis) is 1. The van der Waals surface area contributed by atoms with Gasteiger partial charge in [0.05, 0.1) is 28.7 Å². The Morgan fingerprint density at radius 3 is 2.66 bits per heavy atom. The van der Waals surface area contributed by atoms with E-state index in [1.165, 1.54) is 11.9 Å². The maximum Gasteiger partial charge on any atom is 0.414 e. The number of halogens is 2. The summed E-state index contributed by atoms with van der Waals surface area (Å²) in [5, 5.41) is 3.03. The SMILES string of the molecule is Cc1nc2ccc(Cl)cc2n1-c1cccc([C@]2(C)CC(=O)N(C)C(NC(=O)OC(C)(C)C)=N2)c1F. The van der Waals surface area contributed by atoms with Gasteiger partial charge < -0.3 is 4.74 Å². The number of aliphatic imine (C=N–C) groups is 1. The molecule has 3 aromatic rings. The van der Waals surface area contributed by atoms with E-state index in [4.69, 9.17) is 16.3 Å². The van der Waals surface area contributed by atoms with Crippen LogP contribution in [0.1, 0.15) is 45.5 Å². The third-order valence-electron chi connectivity index (χ3n) is 5.74. The van der Waals surface area contributed by atoms with Crippen LogP contribution in [-0.2, 0) is 15.1 Å². The van der Waals surface area contributed by atoms with Crippen LogP contribution >= 0.6 is 11.6 Å². The van der Waals surface area contributed by atoms with Gasteiger partial charge in [-0.1, -0.05) is 23.7 Å². The van der Waals surface area contributed by atoms with Gasteiger partial charge in [-0.15, -0.1) is 0 Å². The van der Waals surface area contributed by atoms with Gasteiger partial charge in [-0.05, 0) is 58.9 Å². The van der Waals surface area contributed by atoms with E-state index in [1.54, 1.807) is 75.6 Å². The first-order chi connectivity index (χ1) is 16.3. The van der Waals surface area contributed by atoms with Crippen molar-refractivity contribution in [2.75, 3.05) is 7.05 Å². The number of aromatic nitrogens is 2. The van der Waals surface area contributed by atoms with Gasteiger partial charge in [0.25, 0.3) is 0 Å². The van der Waals surface area contributed by atoms with Crippen LogP contribution in [0.3, 0.4) is 0 Å². The van der Waals surface area contributed by atoms with E-state index in [-0.39, 0.29) is 29.5 Å². The summed E-state index contributed by atoms with van der Waals surface area (Å²) in [5.74, 6) is -0.304. The van der Waals surface area contributed by atoms with Gasteiger partial charge >= 0.3 is 6.09 Å². The number of ether oxygens (including phenoxy) is 1. The van der Waals surface area contributed by atoms with Crippen molar-refractivity contribution in [2.45, 2.75) is 52.2 Å². The lowest BCUT2D eigenvalue weighted by Gasteiger charge is -2.35. The summed E-state index contributed by atoms with van der Waals surface area (Å²) in [5.41, 5.74) is -0.196. The van der Waals surface area contributed by atoms with Gasteiger partial charge in [0.2, 0.25) is 11.9 Å². The Balaban J connectivity index is 1.80. The Labute approximate surface area is 207 Å². The number of nitrogens with one attached hydrogen (secondary N) is 1. The summed E-state index contributed by atoms with van der Waals surface area (Å²) in [6.07, 6.45) is -0.842. The van der Waals surface area contributed by atoms with Crippen molar-refractivity contribution in [3.05, 3.63) is 58.6 Å². The summed E-state index contributed by atoms with van der Waals surface area (Å²) in [6.45, 7) is 8.62. The Kier molecular flexibility index (Phi) is 6.09. The Hall–Kier alpha value is -3.46. The molecule has 0 bridgehead atoms. The van der Waals surface area contributed by atoms with E-state index in [0.29, 0.717) is 21.9 Å². The lowest BCUT2D eigenvalue weighted by atomic mass is 9.86. The number of fused-ring (bicyclic) bond motifs is 1.